The molecule has 0 fully saturated rings. The standard InChI is InChI=1S/C14H12IN2/c1-16-13(11-5-7-12(15)8-6-11)10-17-9-3-2-4-14(16)17/h2-10H,1H3/q+1. The Morgan fingerprint density at radius 3 is 2.53 bits per heavy atom. The SMILES string of the molecule is Cn1c(-c2ccc(I)cc2)c[n+]2ccccc12. The summed E-state index contributed by atoms with van der Waals surface area (Å²) >= 11 is 2.33. The Bertz CT molecular complexity index is 668. The van der Waals surface area contributed by atoms with E-state index in [4.69, 9.17) is 0 Å². The Hall–Kier alpha value is -1.36. The summed E-state index contributed by atoms with van der Waals surface area (Å²) in [5.41, 5.74) is 3.67. The van der Waals surface area contributed by atoms with Crippen LogP contribution >= 0.6 is 22.6 Å². The van der Waals surface area contributed by atoms with Crippen LogP contribution in [0.1, 0.15) is 0 Å². The Balaban J connectivity index is 2.24. The summed E-state index contributed by atoms with van der Waals surface area (Å²) in [6.45, 7) is 0. The van der Waals surface area contributed by atoms with E-state index in [1.807, 2.05) is 6.07 Å². The summed E-state index contributed by atoms with van der Waals surface area (Å²) < 4.78 is 5.62. The number of hydrogen-bond donors (Lipinski definition) is 0. The molecule has 3 aromatic rings. The van der Waals surface area contributed by atoms with Crippen molar-refractivity contribution in [3.05, 3.63) is 58.4 Å². The fourth-order valence-corrected chi connectivity index (χ4v) is 2.43. The quantitative estimate of drug-likeness (QED) is 0.478. The van der Waals surface area contributed by atoms with E-state index in [-0.39, 0.29) is 0 Å². The van der Waals surface area contributed by atoms with Gasteiger partial charge in [-0.15, -0.1) is 0 Å². The molecule has 0 bridgehead atoms. The van der Waals surface area contributed by atoms with Gasteiger partial charge in [0, 0.05) is 15.2 Å². The van der Waals surface area contributed by atoms with Gasteiger partial charge >= 0.3 is 0 Å². The normalized spacial score (nSPS) is 10.9. The molecule has 0 unspecified atom stereocenters. The molecule has 3 rings (SSSR count). The van der Waals surface area contributed by atoms with Crippen LogP contribution in [-0.2, 0) is 7.05 Å². The van der Waals surface area contributed by atoms with Crippen molar-refractivity contribution in [1.82, 2.24) is 4.57 Å². The molecule has 0 aliphatic rings. The molecule has 0 saturated carbocycles. The van der Waals surface area contributed by atoms with Gasteiger partial charge < -0.3 is 0 Å². The lowest BCUT2D eigenvalue weighted by molar-refractivity contribution is -0.510. The first kappa shape index (κ1) is 10.8. The van der Waals surface area contributed by atoms with E-state index in [1.54, 1.807) is 0 Å². The second-order valence-corrected chi connectivity index (χ2v) is 5.29. The highest BCUT2D eigenvalue weighted by Crippen LogP contribution is 2.20. The number of nitrogens with zero attached hydrogens (tertiary/aromatic N) is 2. The van der Waals surface area contributed by atoms with Gasteiger partial charge in [0.05, 0.1) is 13.2 Å². The molecule has 0 spiro atoms. The third kappa shape index (κ3) is 1.84. The first-order valence-corrected chi connectivity index (χ1v) is 6.55. The van der Waals surface area contributed by atoms with Gasteiger partial charge in [-0.25, -0.2) is 8.97 Å². The van der Waals surface area contributed by atoms with Crippen LogP contribution in [0.15, 0.2) is 54.9 Å². The maximum Gasteiger partial charge on any atom is 0.286 e. The van der Waals surface area contributed by atoms with Gasteiger partial charge in [0.1, 0.15) is 6.20 Å². The van der Waals surface area contributed by atoms with Crippen molar-refractivity contribution < 1.29 is 4.40 Å². The van der Waals surface area contributed by atoms with E-state index in [0.29, 0.717) is 0 Å². The molecule has 17 heavy (non-hydrogen) atoms. The molecular weight excluding hydrogens is 323 g/mol. The van der Waals surface area contributed by atoms with Gasteiger partial charge in [-0.2, -0.15) is 0 Å². The first-order chi connectivity index (χ1) is 8.25. The summed E-state index contributed by atoms with van der Waals surface area (Å²) in [5.74, 6) is 0. The number of rotatable bonds is 1. The van der Waals surface area contributed by atoms with Crippen molar-refractivity contribution in [2.45, 2.75) is 0 Å². The van der Waals surface area contributed by atoms with Gasteiger partial charge in [-0.1, -0.05) is 6.07 Å². The van der Waals surface area contributed by atoms with Crippen LogP contribution in [0.4, 0.5) is 0 Å². The number of imidazole rings is 1. The molecule has 2 aromatic heterocycles. The molecule has 3 heteroatoms. The predicted molar refractivity (Wildman–Crippen MR) is 76.7 cm³/mol. The van der Waals surface area contributed by atoms with Crippen molar-refractivity contribution >= 4 is 28.2 Å². The summed E-state index contributed by atoms with van der Waals surface area (Å²) in [4.78, 5) is 0. The van der Waals surface area contributed by atoms with Crippen molar-refractivity contribution in [2.75, 3.05) is 0 Å². The van der Waals surface area contributed by atoms with Gasteiger partial charge in [0.25, 0.3) is 5.65 Å². The second-order valence-electron chi connectivity index (χ2n) is 4.05. The van der Waals surface area contributed by atoms with E-state index in [0.717, 1.165) is 0 Å². The lowest BCUT2D eigenvalue weighted by Gasteiger charge is -1.97. The lowest BCUT2D eigenvalue weighted by Crippen LogP contribution is -2.17. The molecule has 0 atom stereocenters. The zero-order valence-corrected chi connectivity index (χ0v) is 11.6. The minimum atomic E-state index is 1.20. The summed E-state index contributed by atoms with van der Waals surface area (Å²) in [6, 6.07) is 14.8. The number of halogens is 1. The molecule has 0 aliphatic heterocycles. The van der Waals surface area contributed by atoms with Crippen LogP contribution in [0, 0.1) is 3.57 Å². The Kier molecular flexibility index (Phi) is 2.63. The number of benzene rings is 1. The molecule has 0 aliphatic carbocycles. The van der Waals surface area contributed by atoms with Crippen molar-refractivity contribution in [3.8, 4) is 11.3 Å². The fourth-order valence-electron chi connectivity index (χ4n) is 2.07. The highest BCUT2D eigenvalue weighted by molar-refractivity contribution is 14.1. The number of fused-ring (bicyclic) bond motifs is 1. The lowest BCUT2D eigenvalue weighted by atomic mass is 10.2. The molecule has 1 aromatic carbocycles. The number of hydrogen-bond acceptors (Lipinski definition) is 0. The minimum absolute atomic E-state index is 1.20. The zero-order chi connectivity index (χ0) is 11.8. The van der Waals surface area contributed by atoms with Crippen LogP contribution in [0.25, 0.3) is 16.9 Å². The van der Waals surface area contributed by atoms with Crippen molar-refractivity contribution in [3.63, 3.8) is 0 Å². The molecule has 0 radical (unpaired) electrons. The molecule has 2 heterocycles. The molecule has 0 N–H and O–H groups in total. The molecule has 2 nitrogen and oxygen atoms in total. The largest absolute Gasteiger partial charge is 0.286 e. The Labute approximate surface area is 114 Å². The molecule has 0 saturated heterocycles. The average Bonchev–Trinajstić information content (AvgIpc) is 2.69. The van der Waals surface area contributed by atoms with Crippen LogP contribution in [0.5, 0.6) is 0 Å². The number of pyridine rings is 1. The van der Waals surface area contributed by atoms with Gasteiger partial charge in [0.15, 0.2) is 5.69 Å². The van der Waals surface area contributed by atoms with Crippen LogP contribution in [0.2, 0.25) is 0 Å². The number of aromatic nitrogens is 2. The van der Waals surface area contributed by atoms with E-state index in [1.165, 1.54) is 20.5 Å². The highest BCUT2D eigenvalue weighted by atomic mass is 127. The highest BCUT2D eigenvalue weighted by Gasteiger charge is 2.14. The smallest absolute Gasteiger partial charge is 0.226 e. The van der Waals surface area contributed by atoms with E-state index in [9.17, 15) is 0 Å². The molecule has 0 amide bonds. The Morgan fingerprint density at radius 2 is 1.82 bits per heavy atom. The van der Waals surface area contributed by atoms with Crippen molar-refractivity contribution in [2.24, 2.45) is 7.05 Å². The second kappa shape index (κ2) is 4.14. The fraction of sp³-hybridized carbons (Fsp3) is 0.0714. The monoisotopic (exact) mass is 335 g/mol. The average molecular weight is 335 g/mol. The third-order valence-corrected chi connectivity index (χ3v) is 3.69. The number of aryl methyl sites for hydroxylation is 1. The van der Waals surface area contributed by atoms with E-state index < -0.39 is 0 Å². The topological polar surface area (TPSA) is 9.03 Å². The predicted octanol–water partition coefficient (Wildman–Crippen LogP) is 3.04. The summed E-state index contributed by atoms with van der Waals surface area (Å²) in [5, 5.41) is 0. The minimum Gasteiger partial charge on any atom is -0.226 e. The van der Waals surface area contributed by atoms with Gasteiger partial charge in [0.2, 0.25) is 0 Å². The summed E-state index contributed by atoms with van der Waals surface area (Å²) in [7, 11) is 2.10. The summed E-state index contributed by atoms with van der Waals surface area (Å²) in [6.07, 6.45) is 4.24. The van der Waals surface area contributed by atoms with Crippen LogP contribution in [0.3, 0.4) is 0 Å². The van der Waals surface area contributed by atoms with Crippen LogP contribution < -0.4 is 4.40 Å². The van der Waals surface area contributed by atoms with E-state index in [2.05, 4.69) is 87.4 Å². The first-order valence-electron chi connectivity index (χ1n) is 5.47. The van der Waals surface area contributed by atoms with Crippen molar-refractivity contribution in [1.29, 1.82) is 0 Å². The Morgan fingerprint density at radius 1 is 1.06 bits per heavy atom. The maximum absolute atomic E-state index is 2.33. The van der Waals surface area contributed by atoms with Gasteiger partial charge in [-0.3, -0.25) is 0 Å². The van der Waals surface area contributed by atoms with Crippen LogP contribution in [-0.4, -0.2) is 4.57 Å². The van der Waals surface area contributed by atoms with E-state index >= 15 is 0 Å². The molecule has 84 valence electrons. The molecular formula is C14H12IN2+. The third-order valence-electron chi connectivity index (χ3n) is 2.97. The van der Waals surface area contributed by atoms with Gasteiger partial charge in [-0.05, 0) is 52.9 Å². The zero-order valence-electron chi connectivity index (χ0n) is 9.47. The maximum atomic E-state index is 2.33.